The van der Waals surface area contributed by atoms with Crippen LogP contribution in [0.25, 0.3) is 0 Å². The van der Waals surface area contributed by atoms with E-state index in [4.69, 9.17) is 5.11 Å². The van der Waals surface area contributed by atoms with E-state index in [1.165, 1.54) is 13.0 Å². The maximum absolute atomic E-state index is 12.3. The Balaban J connectivity index is -0.000000735. The van der Waals surface area contributed by atoms with Crippen molar-refractivity contribution in [2.24, 2.45) is 0 Å². The Morgan fingerprint density at radius 3 is 1.50 bits per heavy atom. The molecule has 0 aliphatic heterocycles. The van der Waals surface area contributed by atoms with Crippen LogP contribution in [0.4, 0.5) is 26.3 Å². The fourth-order valence-corrected chi connectivity index (χ4v) is 3.96. The van der Waals surface area contributed by atoms with E-state index in [0.717, 1.165) is 39.3 Å². The molecular weight excluding hydrogens is 668 g/mol. The van der Waals surface area contributed by atoms with Crippen LogP contribution in [-0.4, -0.2) is 73.8 Å². The molecule has 0 amide bonds. The quantitative estimate of drug-likeness (QED) is 0.0987. The minimum absolute atomic E-state index is 0. The van der Waals surface area contributed by atoms with Gasteiger partial charge in [0.2, 0.25) is 0 Å². The van der Waals surface area contributed by atoms with Crippen LogP contribution in [0.3, 0.4) is 0 Å². The molecule has 2 aromatic rings. The first-order valence-corrected chi connectivity index (χ1v) is 13.4. The second-order valence-corrected chi connectivity index (χ2v) is 10.7. The number of carbonyl (C=O) groups excluding carboxylic acids is 3. The number of halogens is 6. The number of ether oxygens (including phenoxy) is 2. The molecule has 0 spiro atoms. The number of hydrogen-bond donors (Lipinski definition) is 1. The average Bonchev–Trinajstić information content (AvgIpc) is 2.88. The van der Waals surface area contributed by atoms with Gasteiger partial charge in [0.25, 0.3) is 0 Å². The van der Waals surface area contributed by atoms with Crippen LogP contribution >= 0.6 is 0 Å². The first-order valence-electron chi connectivity index (χ1n) is 10.6. The van der Waals surface area contributed by atoms with Crippen molar-refractivity contribution in [2.45, 2.75) is 31.5 Å². The number of esters is 2. The molecule has 0 heterocycles. The van der Waals surface area contributed by atoms with Crippen LogP contribution in [0.1, 0.15) is 49.2 Å². The first-order chi connectivity index (χ1) is 19.1. The molecule has 0 atom stereocenters. The van der Waals surface area contributed by atoms with Gasteiger partial charge in [-0.1, -0.05) is 6.07 Å². The molecule has 3 radical (unpaired) electrons. The average molecular weight is 689 g/mol. The maximum atomic E-state index is 12.3. The van der Waals surface area contributed by atoms with E-state index in [9.17, 15) is 57.6 Å². The SMILES string of the molecule is COC(=O)c1ccc(C=O)c(OS(=O)(=O)C(F)(F)F)c1C.COC(=O)c1ccc(CO)c(OS(=O)(=O)C(F)(F)F)c1C.[B].[H-].[Na+]. The van der Waals surface area contributed by atoms with Crippen LogP contribution in [-0.2, 0) is 36.3 Å². The van der Waals surface area contributed by atoms with Gasteiger partial charge in [-0.05, 0) is 32.0 Å². The Hall–Kier alpha value is -2.85. The molecule has 1 N–H and O–H groups in total. The zero-order valence-corrected chi connectivity index (χ0v) is 26.8. The third kappa shape index (κ3) is 10.1. The van der Waals surface area contributed by atoms with Gasteiger partial charge < -0.3 is 24.4 Å². The fraction of sp³-hybridized carbons (Fsp3) is 0.318. The minimum Gasteiger partial charge on any atom is -1.00 e. The van der Waals surface area contributed by atoms with Gasteiger partial charge in [0.1, 0.15) is 0 Å². The van der Waals surface area contributed by atoms with E-state index in [-0.39, 0.29) is 73.5 Å². The number of methoxy groups -OCH3 is 2. The van der Waals surface area contributed by atoms with Crippen molar-refractivity contribution < 1.29 is 111 Å². The fourth-order valence-electron chi connectivity index (χ4n) is 2.88. The van der Waals surface area contributed by atoms with Gasteiger partial charge in [-0.2, -0.15) is 43.2 Å². The van der Waals surface area contributed by atoms with Crippen molar-refractivity contribution in [1.82, 2.24) is 0 Å². The maximum Gasteiger partial charge on any atom is 1.00 e. The van der Waals surface area contributed by atoms with E-state index >= 15 is 0 Å². The summed E-state index contributed by atoms with van der Waals surface area (Å²) in [7, 11) is -9.80. The molecule has 0 aliphatic carbocycles. The summed E-state index contributed by atoms with van der Waals surface area (Å²) in [5.41, 5.74) is -12.8. The van der Waals surface area contributed by atoms with Crippen molar-refractivity contribution in [3.63, 3.8) is 0 Å². The van der Waals surface area contributed by atoms with Crippen LogP contribution in [0.2, 0.25) is 0 Å². The molecule has 44 heavy (non-hydrogen) atoms. The summed E-state index contributed by atoms with van der Waals surface area (Å²) in [5.74, 6) is -3.42. The first kappa shape index (κ1) is 43.3. The van der Waals surface area contributed by atoms with Gasteiger partial charge >= 0.3 is 72.7 Å². The van der Waals surface area contributed by atoms with Gasteiger partial charge in [-0.3, -0.25) is 4.79 Å². The predicted molar refractivity (Wildman–Crippen MR) is 134 cm³/mol. The number of aliphatic hydroxyl groups is 1. The molecule has 0 aromatic heterocycles. The molecule has 0 saturated carbocycles. The Bertz CT molecular complexity index is 1580. The van der Waals surface area contributed by atoms with Gasteiger partial charge in [0, 0.05) is 25.1 Å². The van der Waals surface area contributed by atoms with E-state index in [1.807, 2.05) is 0 Å². The van der Waals surface area contributed by atoms with Crippen molar-refractivity contribution in [3.05, 3.63) is 57.6 Å². The number of benzene rings is 2. The van der Waals surface area contributed by atoms with Crippen LogP contribution in [0.15, 0.2) is 24.3 Å². The normalized spacial score (nSPS) is 11.4. The van der Waals surface area contributed by atoms with Gasteiger partial charge in [-0.25, -0.2) is 9.59 Å². The molecule has 0 unspecified atom stereocenters. The van der Waals surface area contributed by atoms with Crippen LogP contribution < -0.4 is 37.9 Å². The molecular formula is C22H21BF6NaO12S2. The third-order valence-electron chi connectivity index (χ3n) is 4.98. The van der Waals surface area contributed by atoms with Crippen molar-refractivity contribution >= 4 is 46.9 Å². The summed E-state index contributed by atoms with van der Waals surface area (Å²) in [5, 5.41) is 9.06. The number of aldehydes is 1. The van der Waals surface area contributed by atoms with Gasteiger partial charge in [-0.15, -0.1) is 0 Å². The summed E-state index contributed by atoms with van der Waals surface area (Å²) >= 11 is 0. The topological polar surface area (TPSA) is 177 Å². The predicted octanol–water partition coefficient (Wildman–Crippen LogP) is 0.0605. The summed E-state index contributed by atoms with van der Waals surface area (Å²) < 4.78 is 135. The number of carbonyl (C=O) groups is 3. The summed E-state index contributed by atoms with van der Waals surface area (Å²) in [6.07, 6.45) is 0.106. The molecule has 12 nitrogen and oxygen atoms in total. The number of hydrogen-bond acceptors (Lipinski definition) is 12. The summed E-state index contributed by atoms with van der Waals surface area (Å²) in [6.45, 7) is 1.53. The Labute approximate surface area is 272 Å². The second kappa shape index (κ2) is 16.5. The zero-order valence-electron chi connectivity index (χ0n) is 24.2. The molecule has 22 heteroatoms. The number of rotatable bonds is 8. The van der Waals surface area contributed by atoms with Crippen molar-refractivity contribution in [1.29, 1.82) is 0 Å². The molecule has 0 aliphatic rings. The van der Waals surface area contributed by atoms with E-state index in [0.29, 0.717) is 0 Å². The number of aliphatic hydroxyl groups excluding tert-OH is 1. The molecule has 0 bridgehead atoms. The molecule has 0 fully saturated rings. The largest absolute Gasteiger partial charge is 1.00 e. The van der Waals surface area contributed by atoms with E-state index in [1.54, 1.807) is 0 Å². The Kier molecular flexibility index (Phi) is 16.2. The molecule has 239 valence electrons. The minimum atomic E-state index is -5.97. The van der Waals surface area contributed by atoms with Crippen LogP contribution in [0.5, 0.6) is 11.5 Å². The molecule has 0 saturated heterocycles. The van der Waals surface area contributed by atoms with Crippen LogP contribution in [0, 0.1) is 13.8 Å². The van der Waals surface area contributed by atoms with Crippen molar-refractivity contribution in [2.75, 3.05) is 14.2 Å². The van der Waals surface area contributed by atoms with Crippen molar-refractivity contribution in [3.8, 4) is 11.5 Å². The van der Waals surface area contributed by atoms with Gasteiger partial charge in [0.15, 0.2) is 17.8 Å². The standard InChI is InChI=1S/C11H11F3O6S.C11H9F3O6S.B.Na.H/c2*1-6-8(10(16)19-2)4-3-7(5-15)9(6)20-21(17,18)11(12,13)14;;;/h3-4,15H,5H2,1-2H3;3-5H,1-2H3;;;/q;;;+1;-1. The zero-order chi connectivity index (χ0) is 32.8. The van der Waals surface area contributed by atoms with E-state index < -0.39 is 66.9 Å². The van der Waals surface area contributed by atoms with Gasteiger partial charge in [0.05, 0.1) is 37.5 Å². The summed E-state index contributed by atoms with van der Waals surface area (Å²) in [6, 6.07) is 4.31. The molecule has 2 rings (SSSR count). The second-order valence-electron chi connectivity index (χ2n) is 7.61. The third-order valence-corrected chi connectivity index (χ3v) is 6.89. The van der Waals surface area contributed by atoms with E-state index in [2.05, 4.69) is 17.8 Å². The molecule has 2 aromatic carbocycles. The smallest absolute Gasteiger partial charge is 1.00 e. The number of alkyl halides is 6. The monoisotopic (exact) mass is 689 g/mol. The summed E-state index contributed by atoms with van der Waals surface area (Å²) in [4.78, 5) is 33.6. The Morgan fingerprint density at radius 1 is 0.795 bits per heavy atom. The Morgan fingerprint density at radius 2 is 1.16 bits per heavy atom.